The maximum absolute atomic E-state index is 14.0. The van der Waals surface area contributed by atoms with E-state index in [9.17, 15) is 18.4 Å². The lowest BCUT2D eigenvalue weighted by Gasteiger charge is -2.33. The van der Waals surface area contributed by atoms with E-state index in [1.165, 1.54) is 22.7 Å². The van der Waals surface area contributed by atoms with Crippen molar-refractivity contribution < 1.29 is 23.5 Å². The summed E-state index contributed by atoms with van der Waals surface area (Å²) in [7, 11) is 0. The largest absolute Gasteiger partial charge is 0.481 e. The first kappa shape index (κ1) is 18.8. The summed E-state index contributed by atoms with van der Waals surface area (Å²) in [5.41, 5.74) is 1.68. The van der Waals surface area contributed by atoms with Crippen LogP contribution in [0.25, 0.3) is 10.2 Å². The molecule has 9 heteroatoms. The van der Waals surface area contributed by atoms with Gasteiger partial charge in [0.15, 0.2) is 5.82 Å². The lowest BCUT2D eigenvalue weighted by atomic mass is 10.1. The van der Waals surface area contributed by atoms with Gasteiger partial charge < -0.3 is 10.0 Å². The van der Waals surface area contributed by atoms with Crippen LogP contribution in [0.4, 0.5) is 14.5 Å². The minimum absolute atomic E-state index is 0.0618. The zero-order chi connectivity index (χ0) is 20.0. The Kier molecular flexibility index (Phi) is 4.80. The van der Waals surface area contributed by atoms with E-state index >= 15 is 0 Å². The number of aliphatic carboxylic acids is 1. The second-order valence-corrected chi connectivity index (χ2v) is 8.80. The molecule has 2 aromatic carbocycles. The summed E-state index contributed by atoms with van der Waals surface area (Å²) < 4.78 is 27.8. The van der Waals surface area contributed by atoms with Crippen LogP contribution in [0.5, 0.6) is 0 Å². The fourth-order valence-corrected chi connectivity index (χ4v) is 5.28. The van der Waals surface area contributed by atoms with Gasteiger partial charge >= 0.3 is 5.97 Å². The Hall–Kier alpha value is -2.52. The number of hydrogen-bond acceptors (Lipinski definition) is 5. The van der Waals surface area contributed by atoms with Gasteiger partial charge in [0.05, 0.1) is 28.6 Å². The van der Waals surface area contributed by atoms with E-state index in [-0.39, 0.29) is 24.4 Å². The monoisotopic (exact) mass is 420 g/mol. The first-order valence-corrected chi connectivity index (χ1v) is 10.1. The van der Waals surface area contributed by atoms with Gasteiger partial charge in [0.1, 0.15) is 16.3 Å². The highest BCUT2D eigenvalue weighted by molar-refractivity contribution is 8.01. The van der Waals surface area contributed by atoms with Crippen LogP contribution in [0.3, 0.4) is 0 Å². The molecule has 1 unspecified atom stereocenters. The normalized spacial score (nSPS) is 16.5. The minimum atomic E-state index is -1.06. The van der Waals surface area contributed by atoms with E-state index in [1.807, 2.05) is 25.1 Å². The molecule has 3 aromatic rings. The van der Waals surface area contributed by atoms with Crippen LogP contribution >= 0.6 is 23.1 Å². The van der Waals surface area contributed by atoms with E-state index in [0.29, 0.717) is 15.4 Å². The number of anilines is 1. The van der Waals surface area contributed by atoms with Gasteiger partial charge in [-0.2, -0.15) is 0 Å². The van der Waals surface area contributed by atoms with Gasteiger partial charge in [-0.15, -0.1) is 23.1 Å². The number of aromatic nitrogens is 1. The molecular weight excluding hydrogens is 406 g/mol. The zero-order valence-electron chi connectivity index (χ0n) is 14.6. The first-order valence-electron chi connectivity index (χ1n) is 8.37. The summed E-state index contributed by atoms with van der Waals surface area (Å²) in [6.07, 6.45) is -0.299. The van der Waals surface area contributed by atoms with Gasteiger partial charge in [-0.1, -0.05) is 6.07 Å². The molecule has 1 aromatic heterocycles. The van der Waals surface area contributed by atoms with Crippen molar-refractivity contribution in [3.63, 3.8) is 0 Å². The molecule has 28 heavy (non-hydrogen) atoms. The van der Waals surface area contributed by atoms with E-state index in [4.69, 9.17) is 5.11 Å². The zero-order valence-corrected chi connectivity index (χ0v) is 16.2. The molecule has 0 fully saturated rings. The molecule has 0 bridgehead atoms. The maximum atomic E-state index is 14.0. The Morgan fingerprint density at radius 3 is 2.82 bits per heavy atom. The van der Waals surface area contributed by atoms with Crippen LogP contribution < -0.4 is 4.90 Å². The number of carboxylic acids is 1. The van der Waals surface area contributed by atoms with Gasteiger partial charge in [0.2, 0.25) is 5.91 Å². The number of carbonyl (C=O) groups excluding carboxylic acids is 1. The van der Waals surface area contributed by atoms with Crippen molar-refractivity contribution in [2.45, 2.75) is 30.0 Å². The molecule has 0 spiro atoms. The molecule has 2 heterocycles. The van der Waals surface area contributed by atoms with Crippen LogP contribution in [0.2, 0.25) is 0 Å². The fourth-order valence-electron chi connectivity index (χ4n) is 3.09. The molecule has 0 saturated carbocycles. The lowest BCUT2D eigenvalue weighted by molar-refractivity contribution is -0.138. The van der Waals surface area contributed by atoms with Crippen LogP contribution in [0.1, 0.15) is 17.0 Å². The smallest absolute Gasteiger partial charge is 0.305 e. The van der Waals surface area contributed by atoms with Crippen LogP contribution in [0.15, 0.2) is 35.2 Å². The maximum Gasteiger partial charge on any atom is 0.305 e. The summed E-state index contributed by atoms with van der Waals surface area (Å²) in [5, 5.41) is 8.82. The molecule has 1 aliphatic heterocycles. The molecule has 0 radical (unpaired) electrons. The quantitative estimate of drug-likeness (QED) is 0.679. The van der Waals surface area contributed by atoms with Crippen molar-refractivity contribution in [1.82, 2.24) is 4.98 Å². The van der Waals surface area contributed by atoms with Crippen molar-refractivity contribution in [3.8, 4) is 0 Å². The molecule has 1 N–H and O–H groups in total. The number of amides is 1. The Morgan fingerprint density at radius 2 is 2.07 bits per heavy atom. The second kappa shape index (κ2) is 7.14. The van der Waals surface area contributed by atoms with Gasteiger partial charge in [0.25, 0.3) is 0 Å². The number of fused-ring (bicyclic) bond motifs is 2. The third-order valence-corrected chi connectivity index (χ3v) is 6.57. The summed E-state index contributed by atoms with van der Waals surface area (Å²) in [5.74, 6) is -2.83. The molecule has 144 valence electrons. The molecule has 1 atom stereocenters. The van der Waals surface area contributed by atoms with Gasteiger partial charge in [-0.3, -0.25) is 9.59 Å². The Labute approximate surface area is 167 Å². The van der Waals surface area contributed by atoms with Crippen LogP contribution in [0, 0.1) is 18.6 Å². The van der Waals surface area contributed by atoms with E-state index in [2.05, 4.69) is 4.98 Å². The number of carboxylic acid groups (broad SMARTS) is 1. The standard InChI is InChI=1S/C19H14F2N2O3S2/c1-9-2-3-13-12(4-9)23(19(26)15(27-13)7-17(24)25)8-16-22-18-11(21)5-10(20)6-14(18)28-16/h2-6,15H,7-8H2,1H3,(H,24,25). The topological polar surface area (TPSA) is 70.5 Å². The number of nitrogens with zero attached hydrogens (tertiary/aromatic N) is 2. The predicted molar refractivity (Wildman–Crippen MR) is 104 cm³/mol. The molecule has 1 aliphatic rings. The lowest BCUT2D eigenvalue weighted by Crippen LogP contribution is -2.41. The number of halogens is 2. The Bertz CT molecular complexity index is 1120. The molecular formula is C19H14F2N2O3S2. The molecule has 1 amide bonds. The highest BCUT2D eigenvalue weighted by Crippen LogP contribution is 2.42. The summed E-state index contributed by atoms with van der Waals surface area (Å²) in [6, 6.07) is 7.59. The number of thioether (sulfide) groups is 1. The van der Waals surface area contributed by atoms with Crippen molar-refractivity contribution in [2.24, 2.45) is 0 Å². The number of thiazole rings is 1. The average molecular weight is 420 g/mol. The molecule has 0 aliphatic carbocycles. The van der Waals surface area contributed by atoms with Gasteiger partial charge in [0, 0.05) is 11.0 Å². The van der Waals surface area contributed by atoms with Crippen LogP contribution in [-0.2, 0) is 16.1 Å². The number of hydrogen-bond donors (Lipinski definition) is 1. The van der Waals surface area contributed by atoms with Gasteiger partial charge in [-0.25, -0.2) is 13.8 Å². The SMILES string of the molecule is Cc1ccc2c(c1)N(Cc1nc3c(F)cc(F)cc3s1)C(=O)C(CC(=O)O)S2. The summed E-state index contributed by atoms with van der Waals surface area (Å²) >= 11 is 2.33. The number of rotatable bonds is 4. The van der Waals surface area contributed by atoms with Crippen molar-refractivity contribution in [2.75, 3.05) is 4.90 Å². The van der Waals surface area contributed by atoms with E-state index in [0.717, 1.165) is 27.9 Å². The van der Waals surface area contributed by atoms with Crippen molar-refractivity contribution >= 4 is 50.9 Å². The van der Waals surface area contributed by atoms with E-state index < -0.39 is 22.9 Å². The van der Waals surface area contributed by atoms with Gasteiger partial charge in [-0.05, 0) is 30.7 Å². The second-order valence-electron chi connectivity index (χ2n) is 6.44. The Morgan fingerprint density at radius 1 is 1.29 bits per heavy atom. The third-order valence-electron chi connectivity index (χ3n) is 4.33. The fraction of sp³-hybridized carbons (Fsp3) is 0.211. The van der Waals surface area contributed by atoms with E-state index in [1.54, 1.807) is 0 Å². The number of aryl methyl sites for hydroxylation is 1. The molecule has 4 rings (SSSR count). The van der Waals surface area contributed by atoms with Crippen LogP contribution in [-0.4, -0.2) is 27.2 Å². The highest BCUT2D eigenvalue weighted by atomic mass is 32.2. The first-order chi connectivity index (χ1) is 13.3. The highest BCUT2D eigenvalue weighted by Gasteiger charge is 2.35. The Balaban J connectivity index is 1.74. The summed E-state index contributed by atoms with van der Waals surface area (Å²) in [4.78, 5) is 30.6. The average Bonchev–Trinajstić information content (AvgIpc) is 3.01. The van der Waals surface area contributed by atoms with Crippen molar-refractivity contribution in [3.05, 3.63) is 52.5 Å². The number of benzene rings is 2. The predicted octanol–water partition coefficient (Wildman–Crippen LogP) is 4.37. The molecule has 0 saturated heterocycles. The number of carbonyl (C=O) groups is 2. The van der Waals surface area contributed by atoms with Crippen molar-refractivity contribution in [1.29, 1.82) is 0 Å². The third kappa shape index (κ3) is 3.47. The summed E-state index contributed by atoms with van der Waals surface area (Å²) in [6.45, 7) is 1.96. The minimum Gasteiger partial charge on any atom is -0.481 e. The molecule has 5 nitrogen and oxygen atoms in total.